The van der Waals surface area contributed by atoms with Gasteiger partial charge in [-0.1, -0.05) is 0 Å². The van der Waals surface area contributed by atoms with Crippen molar-refractivity contribution in [3.8, 4) is 0 Å². The Kier molecular flexibility index (Phi) is 3.36. The van der Waals surface area contributed by atoms with Gasteiger partial charge in [-0.05, 0) is 6.92 Å². The zero-order chi connectivity index (χ0) is 9.02. The summed E-state index contributed by atoms with van der Waals surface area (Å²) in [6, 6.07) is -0.637. The van der Waals surface area contributed by atoms with Gasteiger partial charge in [-0.25, -0.2) is 4.79 Å². The monoisotopic (exact) mass is 160 g/mol. The summed E-state index contributed by atoms with van der Waals surface area (Å²) >= 11 is 0. The molecule has 1 atom stereocenters. The maximum absolute atomic E-state index is 10.8. The van der Waals surface area contributed by atoms with Crippen LogP contribution in [0.15, 0.2) is 0 Å². The van der Waals surface area contributed by atoms with Crippen LogP contribution in [0.4, 0.5) is 4.79 Å². The van der Waals surface area contributed by atoms with E-state index in [-0.39, 0.29) is 0 Å². The molecular weight excluding hydrogens is 148 g/mol. The largest absolute Gasteiger partial charge is 0.453 e. The first kappa shape index (κ1) is 9.74. The van der Waals surface area contributed by atoms with Gasteiger partial charge in [0.05, 0.1) is 7.11 Å². The molecule has 0 rings (SSSR count). The molecule has 0 spiro atoms. The quantitative estimate of drug-likeness (QED) is 0.595. The van der Waals surface area contributed by atoms with Crippen LogP contribution >= 0.6 is 0 Å². The minimum Gasteiger partial charge on any atom is -0.453 e. The second kappa shape index (κ2) is 3.80. The summed E-state index contributed by atoms with van der Waals surface area (Å²) in [7, 11) is 2.69. The van der Waals surface area contributed by atoms with Gasteiger partial charge in [-0.3, -0.25) is 9.69 Å². The molecule has 0 aromatic heterocycles. The standard InChI is InChI=1S/C6H12N2O3/c1-4(5(7)9)8(2)6(10)11-3/h4H,1-3H3,(H2,7,9). The minimum absolute atomic E-state index is 0.557. The fraction of sp³-hybridized carbons (Fsp3) is 0.667. The van der Waals surface area contributed by atoms with E-state index in [1.807, 2.05) is 0 Å². The maximum Gasteiger partial charge on any atom is 0.409 e. The van der Waals surface area contributed by atoms with Crippen molar-refractivity contribution >= 4 is 12.0 Å². The van der Waals surface area contributed by atoms with Crippen LogP contribution in [0.5, 0.6) is 0 Å². The lowest BCUT2D eigenvalue weighted by Gasteiger charge is -2.19. The Morgan fingerprint density at radius 1 is 1.55 bits per heavy atom. The highest BCUT2D eigenvalue weighted by Crippen LogP contribution is 1.96. The molecule has 5 nitrogen and oxygen atoms in total. The summed E-state index contributed by atoms with van der Waals surface area (Å²) in [5, 5.41) is 0. The number of methoxy groups -OCH3 is 1. The third-order valence-electron chi connectivity index (χ3n) is 1.46. The van der Waals surface area contributed by atoms with Gasteiger partial charge in [0.2, 0.25) is 5.91 Å². The highest BCUT2D eigenvalue weighted by Gasteiger charge is 2.19. The van der Waals surface area contributed by atoms with E-state index in [1.54, 1.807) is 0 Å². The Balaban J connectivity index is 4.12. The number of rotatable bonds is 2. The molecule has 0 aromatic carbocycles. The third-order valence-corrected chi connectivity index (χ3v) is 1.46. The molecule has 0 aliphatic heterocycles. The Bertz CT molecular complexity index is 169. The summed E-state index contributed by atoms with van der Waals surface area (Å²) in [6.07, 6.45) is -0.573. The smallest absolute Gasteiger partial charge is 0.409 e. The average molecular weight is 160 g/mol. The fourth-order valence-corrected chi connectivity index (χ4v) is 0.493. The molecule has 2 amide bonds. The zero-order valence-corrected chi connectivity index (χ0v) is 6.83. The van der Waals surface area contributed by atoms with Crippen molar-refractivity contribution in [3.63, 3.8) is 0 Å². The molecule has 2 N–H and O–H groups in total. The number of primary amides is 1. The van der Waals surface area contributed by atoms with E-state index < -0.39 is 18.0 Å². The topological polar surface area (TPSA) is 72.6 Å². The number of carbonyl (C=O) groups is 2. The van der Waals surface area contributed by atoms with Crippen molar-refractivity contribution in [3.05, 3.63) is 0 Å². The van der Waals surface area contributed by atoms with Gasteiger partial charge >= 0.3 is 6.09 Å². The number of carbonyl (C=O) groups excluding carboxylic acids is 2. The first-order valence-corrected chi connectivity index (χ1v) is 3.10. The molecular formula is C6H12N2O3. The van der Waals surface area contributed by atoms with Crippen molar-refractivity contribution in [1.29, 1.82) is 0 Å². The predicted molar refractivity (Wildman–Crippen MR) is 38.8 cm³/mol. The number of nitrogens with two attached hydrogens (primary N) is 1. The van der Waals surface area contributed by atoms with Crippen LogP contribution in [0.25, 0.3) is 0 Å². The number of likely N-dealkylation sites (N-methyl/N-ethyl adjacent to an activating group) is 1. The van der Waals surface area contributed by atoms with E-state index in [0.29, 0.717) is 0 Å². The van der Waals surface area contributed by atoms with Gasteiger partial charge in [-0.2, -0.15) is 0 Å². The van der Waals surface area contributed by atoms with Crippen molar-refractivity contribution in [2.24, 2.45) is 5.73 Å². The highest BCUT2D eigenvalue weighted by atomic mass is 16.5. The van der Waals surface area contributed by atoms with Gasteiger partial charge in [0.1, 0.15) is 6.04 Å². The van der Waals surface area contributed by atoms with Crippen LogP contribution in [0.3, 0.4) is 0 Å². The Hall–Kier alpha value is -1.26. The second-order valence-electron chi connectivity index (χ2n) is 2.16. The van der Waals surface area contributed by atoms with E-state index in [9.17, 15) is 9.59 Å². The number of amides is 2. The first-order valence-electron chi connectivity index (χ1n) is 3.10. The Labute approximate surface area is 65.1 Å². The van der Waals surface area contributed by atoms with Gasteiger partial charge in [0.25, 0.3) is 0 Å². The van der Waals surface area contributed by atoms with Crippen molar-refractivity contribution in [2.75, 3.05) is 14.2 Å². The molecule has 0 aliphatic rings. The molecule has 0 aliphatic carbocycles. The number of nitrogens with zero attached hydrogens (tertiary/aromatic N) is 1. The summed E-state index contributed by atoms with van der Waals surface area (Å²) < 4.78 is 4.36. The summed E-state index contributed by atoms with van der Waals surface area (Å²) in [4.78, 5) is 22.4. The van der Waals surface area contributed by atoms with Crippen LogP contribution < -0.4 is 5.73 Å². The summed E-state index contributed by atoms with van der Waals surface area (Å²) in [5.74, 6) is -0.557. The van der Waals surface area contributed by atoms with E-state index in [1.165, 1.54) is 21.1 Å². The van der Waals surface area contributed by atoms with Crippen molar-refractivity contribution in [2.45, 2.75) is 13.0 Å². The SMILES string of the molecule is COC(=O)N(C)C(C)C(N)=O. The van der Waals surface area contributed by atoms with Crippen LogP contribution in [0.2, 0.25) is 0 Å². The van der Waals surface area contributed by atoms with Crippen LogP contribution in [-0.2, 0) is 9.53 Å². The molecule has 64 valence electrons. The number of hydrogen-bond acceptors (Lipinski definition) is 3. The lowest BCUT2D eigenvalue weighted by molar-refractivity contribution is -0.121. The van der Waals surface area contributed by atoms with E-state index in [4.69, 9.17) is 5.73 Å². The lowest BCUT2D eigenvalue weighted by atomic mass is 10.3. The van der Waals surface area contributed by atoms with Crippen molar-refractivity contribution < 1.29 is 14.3 Å². The Morgan fingerprint density at radius 2 is 2.00 bits per heavy atom. The normalized spacial score (nSPS) is 11.9. The van der Waals surface area contributed by atoms with Gasteiger partial charge in [-0.15, -0.1) is 0 Å². The van der Waals surface area contributed by atoms with Crippen LogP contribution in [0, 0.1) is 0 Å². The number of hydrogen-bond donors (Lipinski definition) is 1. The molecule has 0 saturated carbocycles. The summed E-state index contributed by atoms with van der Waals surface area (Å²) in [6.45, 7) is 1.53. The van der Waals surface area contributed by atoms with Gasteiger partial charge < -0.3 is 10.5 Å². The van der Waals surface area contributed by atoms with Gasteiger partial charge in [0.15, 0.2) is 0 Å². The predicted octanol–water partition coefficient (Wildman–Crippen LogP) is -0.442. The highest BCUT2D eigenvalue weighted by molar-refractivity contribution is 5.83. The molecule has 0 aromatic rings. The number of ether oxygens (including phenoxy) is 1. The van der Waals surface area contributed by atoms with Crippen LogP contribution in [-0.4, -0.2) is 37.1 Å². The average Bonchev–Trinajstić information content (AvgIpc) is 2.00. The third kappa shape index (κ3) is 2.45. The molecule has 11 heavy (non-hydrogen) atoms. The molecule has 0 radical (unpaired) electrons. The minimum atomic E-state index is -0.637. The molecule has 0 heterocycles. The van der Waals surface area contributed by atoms with E-state index in [0.717, 1.165) is 4.90 Å². The Morgan fingerprint density at radius 3 is 2.27 bits per heavy atom. The lowest BCUT2D eigenvalue weighted by Crippen LogP contribution is -2.43. The molecule has 0 saturated heterocycles. The molecule has 5 heteroatoms. The molecule has 0 fully saturated rings. The summed E-state index contributed by atoms with van der Waals surface area (Å²) in [5.41, 5.74) is 4.94. The fourth-order valence-electron chi connectivity index (χ4n) is 0.493. The first-order chi connectivity index (χ1) is 5.00. The van der Waals surface area contributed by atoms with E-state index >= 15 is 0 Å². The van der Waals surface area contributed by atoms with Gasteiger partial charge in [0, 0.05) is 7.05 Å². The van der Waals surface area contributed by atoms with Crippen molar-refractivity contribution in [1.82, 2.24) is 4.90 Å². The second-order valence-corrected chi connectivity index (χ2v) is 2.16. The molecule has 1 unspecified atom stereocenters. The van der Waals surface area contributed by atoms with E-state index in [2.05, 4.69) is 4.74 Å². The zero-order valence-electron chi connectivity index (χ0n) is 6.83. The molecule has 0 bridgehead atoms. The van der Waals surface area contributed by atoms with Crippen LogP contribution in [0.1, 0.15) is 6.92 Å². The maximum atomic E-state index is 10.8.